The van der Waals surface area contributed by atoms with Gasteiger partial charge in [0.15, 0.2) is 0 Å². The predicted octanol–water partition coefficient (Wildman–Crippen LogP) is -0.374. The zero-order valence-electron chi connectivity index (χ0n) is 7.54. The van der Waals surface area contributed by atoms with E-state index in [9.17, 15) is 14.7 Å². The summed E-state index contributed by atoms with van der Waals surface area (Å²) in [5, 5.41) is 9.45. The summed E-state index contributed by atoms with van der Waals surface area (Å²) in [5.41, 5.74) is -0.891. The predicted molar refractivity (Wildman–Crippen MR) is 52.1 cm³/mol. The third kappa shape index (κ3) is 1.64. The van der Waals surface area contributed by atoms with Crippen molar-refractivity contribution >= 4 is 0 Å². The van der Waals surface area contributed by atoms with E-state index in [-0.39, 0.29) is 0 Å². The van der Waals surface area contributed by atoms with E-state index in [2.05, 4.69) is 4.98 Å². The Morgan fingerprint density at radius 3 is 2.53 bits per heavy atom. The lowest BCUT2D eigenvalue weighted by atomic mass is 10.4. The van der Waals surface area contributed by atoms with Crippen LogP contribution in [0, 0.1) is 0 Å². The van der Waals surface area contributed by atoms with Gasteiger partial charge in [0.1, 0.15) is 0 Å². The zero-order chi connectivity index (χ0) is 10.8. The summed E-state index contributed by atoms with van der Waals surface area (Å²) in [5.74, 6) is -0.407. The van der Waals surface area contributed by atoms with Crippen LogP contribution in [0.4, 0.5) is 0 Å². The van der Waals surface area contributed by atoms with Crippen molar-refractivity contribution in [1.29, 1.82) is 0 Å². The maximum atomic E-state index is 11.4. The molecule has 0 amide bonds. The maximum absolute atomic E-state index is 11.4. The molecule has 0 aliphatic rings. The molecule has 0 atom stereocenters. The Kier molecular flexibility index (Phi) is 2.09. The van der Waals surface area contributed by atoms with Crippen LogP contribution in [0.1, 0.15) is 0 Å². The summed E-state index contributed by atoms with van der Waals surface area (Å²) >= 11 is 0. The molecule has 0 bridgehead atoms. The Labute approximate surface area is 83.5 Å². The fraction of sp³-hybridized carbons (Fsp3) is 0. The topological polar surface area (TPSA) is 88.0 Å². The lowest BCUT2D eigenvalue weighted by molar-refractivity contribution is 0.431. The summed E-state index contributed by atoms with van der Waals surface area (Å²) < 4.78 is 0.975. The van der Waals surface area contributed by atoms with Crippen LogP contribution in [0.25, 0.3) is 5.69 Å². The number of rotatable bonds is 1. The molecule has 0 spiro atoms. The number of H-pyrrole nitrogens is 1. The van der Waals surface area contributed by atoms with Crippen LogP contribution in [0.2, 0.25) is 0 Å². The molecule has 2 heterocycles. The van der Waals surface area contributed by atoms with Crippen molar-refractivity contribution in [3.63, 3.8) is 0 Å². The van der Waals surface area contributed by atoms with E-state index in [1.165, 1.54) is 12.4 Å². The highest BCUT2D eigenvalue weighted by Gasteiger charge is 2.05. The van der Waals surface area contributed by atoms with Crippen LogP contribution >= 0.6 is 0 Å². The van der Waals surface area contributed by atoms with Crippen LogP contribution in [0.3, 0.4) is 0 Å². The molecule has 0 radical (unpaired) electrons. The van der Waals surface area contributed by atoms with Gasteiger partial charge in [-0.25, -0.2) is 9.36 Å². The lowest BCUT2D eigenvalue weighted by Gasteiger charge is -2.05. The molecule has 0 saturated heterocycles. The van der Waals surface area contributed by atoms with Gasteiger partial charge in [-0.15, -0.1) is 0 Å². The summed E-state index contributed by atoms with van der Waals surface area (Å²) in [6.45, 7) is 0. The maximum Gasteiger partial charge on any atom is 0.335 e. The molecule has 6 heteroatoms. The van der Waals surface area contributed by atoms with Crippen molar-refractivity contribution in [3.8, 4) is 11.6 Å². The molecule has 2 aromatic heterocycles. The van der Waals surface area contributed by atoms with Gasteiger partial charge in [-0.2, -0.15) is 0 Å². The zero-order valence-corrected chi connectivity index (χ0v) is 7.54. The van der Waals surface area contributed by atoms with Crippen molar-refractivity contribution in [3.05, 3.63) is 51.4 Å². The summed E-state index contributed by atoms with van der Waals surface area (Å²) in [7, 11) is 0. The molecule has 2 rings (SSSR count). The lowest BCUT2D eigenvalue weighted by Crippen LogP contribution is -2.27. The first kappa shape index (κ1) is 9.20. The quantitative estimate of drug-likeness (QED) is 0.664. The molecular formula is C9H7N3O3. The number of hydrogen-bond acceptors (Lipinski definition) is 4. The van der Waals surface area contributed by atoms with E-state index in [0.717, 1.165) is 10.6 Å². The minimum atomic E-state index is -0.689. The molecule has 15 heavy (non-hydrogen) atoms. The molecule has 6 nitrogen and oxygen atoms in total. The number of nitrogens with one attached hydrogen (secondary N) is 1. The Morgan fingerprint density at radius 1 is 1.27 bits per heavy atom. The Balaban J connectivity index is 2.75. The van der Waals surface area contributed by atoms with Crippen molar-refractivity contribution in [2.45, 2.75) is 0 Å². The minimum absolute atomic E-state index is 0.407. The third-order valence-electron chi connectivity index (χ3n) is 1.84. The van der Waals surface area contributed by atoms with Crippen LogP contribution in [0.15, 0.2) is 40.2 Å². The van der Waals surface area contributed by atoms with Crippen molar-refractivity contribution in [2.75, 3.05) is 0 Å². The second kappa shape index (κ2) is 3.41. The van der Waals surface area contributed by atoms with E-state index in [1.54, 1.807) is 12.1 Å². The fourth-order valence-corrected chi connectivity index (χ4v) is 1.23. The third-order valence-corrected chi connectivity index (χ3v) is 1.84. The molecule has 0 fully saturated rings. The normalized spacial score (nSPS) is 10.1. The first-order chi connectivity index (χ1) is 7.18. The molecule has 2 aromatic rings. The van der Waals surface area contributed by atoms with Crippen LogP contribution in [-0.2, 0) is 0 Å². The largest absolute Gasteiger partial charge is 0.494 e. The summed E-state index contributed by atoms with van der Waals surface area (Å²) in [4.78, 5) is 28.1. The van der Waals surface area contributed by atoms with Crippen molar-refractivity contribution in [1.82, 2.24) is 14.5 Å². The minimum Gasteiger partial charge on any atom is -0.494 e. The molecule has 0 unspecified atom stereocenters. The second-order valence-electron chi connectivity index (χ2n) is 2.84. The summed E-state index contributed by atoms with van der Waals surface area (Å²) in [6.07, 6.45) is 2.96. The van der Waals surface area contributed by atoms with Crippen LogP contribution in [0.5, 0.6) is 5.88 Å². The number of pyridine rings is 1. The number of aromatic amines is 1. The van der Waals surface area contributed by atoms with Gasteiger partial charge in [-0.3, -0.25) is 14.8 Å². The van der Waals surface area contributed by atoms with Gasteiger partial charge >= 0.3 is 5.69 Å². The monoisotopic (exact) mass is 205 g/mol. The number of aromatic hydroxyl groups is 1. The smallest absolute Gasteiger partial charge is 0.335 e. The van der Waals surface area contributed by atoms with Gasteiger partial charge in [0.2, 0.25) is 5.88 Å². The number of aromatic nitrogens is 3. The molecule has 0 aromatic carbocycles. The molecule has 0 aliphatic carbocycles. The highest BCUT2D eigenvalue weighted by Crippen LogP contribution is 2.09. The SMILES string of the molecule is O=c1cc(O)n(-c2ccncc2)c(=O)[nH]1. The van der Waals surface area contributed by atoms with E-state index >= 15 is 0 Å². The first-order valence-corrected chi connectivity index (χ1v) is 4.14. The van der Waals surface area contributed by atoms with E-state index < -0.39 is 17.1 Å². The van der Waals surface area contributed by atoms with Crippen LogP contribution in [-0.4, -0.2) is 19.6 Å². The number of hydrogen-bond donors (Lipinski definition) is 2. The highest BCUT2D eigenvalue weighted by atomic mass is 16.3. The summed E-state index contributed by atoms with van der Waals surface area (Å²) in [6, 6.07) is 4.01. The van der Waals surface area contributed by atoms with Gasteiger partial charge < -0.3 is 5.11 Å². The highest BCUT2D eigenvalue weighted by molar-refractivity contribution is 5.32. The second-order valence-corrected chi connectivity index (χ2v) is 2.84. The Bertz CT molecular complexity index is 586. The van der Waals surface area contributed by atoms with Gasteiger partial charge in [-0.1, -0.05) is 0 Å². The molecule has 0 saturated carbocycles. The van der Waals surface area contributed by atoms with Crippen molar-refractivity contribution < 1.29 is 5.11 Å². The molecular weight excluding hydrogens is 198 g/mol. The Morgan fingerprint density at radius 2 is 1.93 bits per heavy atom. The van der Waals surface area contributed by atoms with E-state index in [0.29, 0.717) is 5.69 Å². The average molecular weight is 205 g/mol. The van der Waals surface area contributed by atoms with Crippen molar-refractivity contribution in [2.24, 2.45) is 0 Å². The van der Waals surface area contributed by atoms with E-state index in [1.807, 2.05) is 4.98 Å². The first-order valence-electron chi connectivity index (χ1n) is 4.14. The average Bonchev–Trinajstić information content (AvgIpc) is 2.17. The molecule has 76 valence electrons. The Hall–Kier alpha value is -2.37. The molecule has 0 aliphatic heterocycles. The van der Waals surface area contributed by atoms with E-state index in [4.69, 9.17) is 0 Å². The number of nitrogens with zero attached hydrogens (tertiary/aromatic N) is 2. The standard InChI is InChI=1S/C9H7N3O3/c13-7-5-8(14)12(9(15)11-7)6-1-3-10-4-2-6/h1-5,14H,(H,11,13,15). The molecule has 2 N–H and O–H groups in total. The van der Waals surface area contributed by atoms with Gasteiger partial charge in [-0.05, 0) is 12.1 Å². The van der Waals surface area contributed by atoms with Gasteiger partial charge in [0.05, 0.1) is 11.8 Å². The fourth-order valence-electron chi connectivity index (χ4n) is 1.23. The van der Waals surface area contributed by atoms with Gasteiger partial charge in [0, 0.05) is 12.4 Å². The van der Waals surface area contributed by atoms with Gasteiger partial charge in [0.25, 0.3) is 5.56 Å². The van der Waals surface area contributed by atoms with Crippen LogP contribution < -0.4 is 11.2 Å².